The number of anilines is 1. The monoisotopic (exact) mass is 407 g/mol. The molecule has 3 aromatic rings. The molecule has 4 N–H and O–H groups in total. The van der Waals surface area contributed by atoms with E-state index in [1.165, 1.54) is 16.7 Å². The maximum Gasteiger partial charge on any atom is 0.221 e. The van der Waals surface area contributed by atoms with Crippen LogP contribution in [0.1, 0.15) is 16.7 Å². The summed E-state index contributed by atoms with van der Waals surface area (Å²) < 4.78 is 11.6. The van der Waals surface area contributed by atoms with Gasteiger partial charge in [0, 0.05) is 12.7 Å². The molecule has 0 bridgehead atoms. The normalized spacial score (nSPS) is 9.77. The Hall–Kier alpha value is -3.51. The molecule has 0 aliphatic carbocycles. The van der Waals surface area contributed by atoms with Crippen LogP contribution in [-0.4, -0.2) is 20.6 Å². The van der Waals surface area contributed by atoms with Crippen molar-refractivity contribution in [3.05, 3.63) is 77.4 Å². The SMILES string of the molecule is CNc1cccc(OC)c1COc1ccc(-c2ccc(C)cc2)cc1C.NNC=O. The molecule has 3 rings (SSSR count). The van der Waals surface area contributed by atoms with E-state index in [-0.39, 0.29) is 0 Å². The summed E-state index contributed by atoms with van der Waals surface area (Å²) in [6.07, 6.45) is 0.403. The van der Waals surface area contributed by atoms with Gasteiger partial charge in [0.25, 0.3) is 0 Å². The summed E-state index contributed by atoms with van der Waals surface area (Å²) in [5.41, 5.74) is 8.57. The number of amides is 1. The lowest BCUT2D eigenvalue weighted by atomic mass is 10.0. The minimum Gasteiger partial charge on any atom is -0.496 e. The van der Waals surface area contributed by atoms with Crippen LogP contribution in [-0.2, 0) is 11.4 Å². The van der Waals surface area contributed by atoms with Gasteiger partial charge in [0.05, 0.1) is 12.7 Å². The molecule has 3 aromatic carbocycles. The summed E-state index contributed by atoms with van der Waals surface area (Å²) in [6.45, 7) is 4.63. The van der Waals surface area contributed by atoms with E-state index in [9.17, 15) is 0 Å². The molecule has 30 heavy (non-hydrogen) atoms. The Morgan fingerprint density at radius 3 is 2.20 bits per heavy atom. The summed E-state index contributed by atoms with van der Waals surface area (Å²) in [6, 6.07) is 20.8. The number of nitrogens with two attached hydrogens (primary N) is 1. The number of carbonyl (C=O) groups is 1. The molecule has 1 amide bonds. The lowest BCUT2D eigenvalue weighted by Gasteiger charge is -2.16. The van der Waals surface area contributed by atoms with Crippen LogP contribution in [0.4, 0.5) is 5.69 Å². The summed E-state index contributed by atoms with van der Waals surface area (Å²) in [7, 11) is 3.58. The molecule has 158 valence electrons. The van der Waals surface area contributed by atoms with Crippen LogP contribution in [0.15, 0.2) is 60.7 Å². The van der Waals surface area contributed by atoms with Crippen LogP contribution < -0.4 is 26.1 Å². The van der Waals surface area contributed by atoms with Crippen LogP contribution in [0.2, 0.25) is 0 Å². The number of hydrogen-bond donors (Lipinski definition) is 3. The van der Waals surface area contributed by atoms with E-state index in [0.717, 1.165) is 28.3 Å². The molecule has 0 aliphatic rings. The molecular formula is C24H29N3O3. The number of rotatable bonds is 7. The van der Waals surface area contributed by atoms with Gasteiger partial charge in [-0.05, 0) is 54.8 Å². The van der Waals surface area contributed by atoms with E-state index in [1.54, 1.807) is 12.5 Å². The minimum atomic E-state index is 0.403. The molecule has 0 unspecified atom stereocenters. The Morgan fingerprint density at radius 1 is 0.967 bits per heavy atom. The highest BCUT2D eigenvalue weighted by Gasteiger charge is 2.10. The van der Waals surface area contributed by atoms with Gasteiger partial charge < -0.3 is 14.8 Å². The Labute approximate surface area is 178 Å². The molecule has 0 spiro atoms. The smallest absolute Gasteiger partial charge is 0.221 e. The quantitative estimate of drug-likeness (QED) is 0.236. The third-order valence-electron chi connectivity index (χ3n) is 4.62. The first-order valence-electron chi connectivity index (χ1n) is 9.58. The van der Waals surface area contributed by atoms with Crippen LogP contribution in [0.25, 0.3) is 11.1 Å². The van der Waals surface area contributed by atoms with Crippen molar-refractivity contribution in [2.24, 2.45) is 5.84 Å². The van der Waals surface area contributed by atoms with E-state index in [2.05, 4.69) is 61.4 Å². The molecule has 0 aliphatic heterocycles. The highest BCUT2D eigenvalue weighted by molar-refractivity contribution is 5.66. The lowest BCUT2D eigenvalue weighted by molar-refractivity contribution is -0.109. The van der Waals surface area contributed by atoms with E-state index >= 15 is 0 Å². The Morgan fingerprint density at radius 2 is 1.63 bits per heavy atom. The van der Waals surface area contributed by atoms with E-state index < -0.39 is 0 Å². The van der Waals surface area contributed by atoms with Crippen LogP contribution in [0.5, 0.6) is 11.5 Å². The predicted molar refractivity (Wildman–Crippen MR) is 122 cm³/mol. The van der Waals surface area contributed by atoms with Crippen LogP contribution in [0, 0.1) is 13.8 Å². The molecule has 0 atom stereocenters. The van der Waals surface area contributed by atoms with Gasteiger partial charge in [-0.2, -0.15) is 0 Å². The fourth-order valence-corrected chi connectivity index (χ4v) is 3.03. The molecule has 6 heteroatoms. The van der Waals surface area contributed by atoms with Gasteiger partial charge in [0.15, 0.2) is 0 Å². The van der Waals surface area contributed by atoms with Gasteiger partial charge in [-0.1, -0.05) is 42.0 Å². The first-order chi connectivity index (χ1) is 14.5. The summed E-state index contributed by atoms with van der Waals surface area (Å²) >= 11 is 0. The molecule has 0 heterocycles. The van der Waals surface area contributed by atoms with Gasteiger partial charge >= 0.3 is 0 Å². The van der Waals surface area contributed by atoms with Crippen molar-refractivity contribution >= 4 is 12.1 Å². The average Bonchev–Trinajstić information content (AvgIpc) is 2.78. The minimum absolute atomic E-state index is 0.403. The molecular weight excluding hydrogens is 378 g/mol. The standard InChI is InChI=1S/C23H25NO2.CH4N2O/c1-16-8-10-18(11-9-16)19-12-13-22(17(2)14-19)26-15-20-21(24-3)6-5-7-23(20)25-4;2-3-1-4/h5-14,24H,15H2,1-4H3;1H,2H2,(H,3,4). The zero-order chi connectivity index (χ0) is 21.9. The third-order valence-corrected chi connectivity index (χ3v) is 4.62. The average molecular weight is 408 g/mol. The second kappa shape index (κ2) is 11.5. The maximum absolute atomic E-state index is 8.94. The second-order valence-corrected chi connectivity index (χ2v) is 6.66. The highest BCUT2D eigenvalue weighted by atomic mass is 16.5. The van der Waals surface area contributed by atoms with E-state index in [4.69, 9.17) is 14.3 Å². The Bertz CT molecular complexity index is 934. The van der Waals surface area contributed by atoms with Crippen molar-refractivity contribution in [3.63, 3.8) is 0 Å². The van der Waals surface area contributed by atoms with Crippen molar-refractivity contribution < 1.29 is 14.3 Å². The molecule has 0 saturated heterocycles. The first-order valence-corrected chi connectivity index (χ1v) is 9.58. The zero-order valence-electron chi connectivity index (χ0n) is 17.9. The Balaban J connectivity index is 0.000000735. The Kier molecular flexibility index (Phi) is 8.72. The molecule has 6 nitrogen and oxygen atoms in total. The number of aryl methyl sites for hydroxylation is 2. The van der Waals surface area contributed by atoms with E-state index in [1.807, 2.05) is 31.3 Å². The van der Waals surface area contributed by atoms with E-state index in [0.29, 0.717) is 13.0 Å². The molecule has 0 fully saturated rings. The molecule has 0 radical (unpaired) electrons. The number of ether oxygens (including phenoxy) is 2. The summed E-state index contributed by atoms with van der Waals surface area (Å²) in [5.74, 6) is 6.12. The zero-order valence-corrected chi connectivity index (χ0v) is 17.9. The van der Waals surface area contributed by atoms with Crippen molar-refractivity contribution in [2.75, 3.05) is 19.5 Å². The van der Waals surface area contributed by atoms with Crippen molar-refractivity contribution in [3.8, 4) is 22.6 Å². The van der Waals surface area contributed by atoms with Crippen molar-refractivity contribution in [1.29, 1.82) is 0 Å². The van der Waals surface area contributed by atoms with Crippen LogP contribution >= 0.6 is 0 Å². The van der Waals surface area contributed by atoms with Crippen LogP contribution in [0.3, 0.4) is 0 Å². The number of carbonyl (C=O) groups excluding carboxylic acids is 1. The second-order valence-electron chi connectivity index (χ2n) is 6.66. The van der Waals surface area contributed by atoms with Gasteiger partial charge in [-0.3, -0.25) is 10.2 Å². The van der Waals surface area contributed by atoms with Gasteiger partial charge in [0.2, 0.25) is 6.41 Å². The van der Waals surface area contributed by atoms with Gasteiger partial charge in [-0.25, -0.2) is 5.84 Å². The lowest BCUT2D eigenvalue weighted by Crippen LogP contribution is -2.18. The molecule has 0 aromatic heterocycles. The van der Waals surface area contributed by atoms with Gasteiger partial charge in [0.1, 0.15) is 18.1 Å². The first kappa shape index (κ1) is 22.8. The van der Waals surface area contributed by atoms with Crippen molar-refractivity contribution in [1.82, 2.24) is 5.43 Å². The fraction of sp³-hybridized carbons (Fsp3) is 0.208. The number of benzene rings is 3. The van der Waals surface area contributed by atoms with Gasteiger partial charge in [-0.15, -0.1) is 0 Å². The number of hydrazine groups is 1. The maximum atomic E-state index is 8.94. The number of methoxy groups -OCH3 is 1. The third kappa shape index (κ3) is 5.99. The topological polar surface area (TPSA) is 85.6 Å². The predicted octanol–water partition coefficient (Wildman–Crippen LogP) is 4.21. The number of hydrogen-bond acceptors (Lipinski definition) is 5. The highest BCUT2D eigenvalue weighted by Crippen LogP contribution is 2.30. The summed E-state index contributed by atoms with van der Waals surface area (Å²) in [4.78, 5) is 8.94. The fourth-order valence-electron chi connectivity index (χ4n) is 3.03. The largest absolute Gasteiger partial charge is 0.496 e. The van der Waals surface area contributed by atoms with Crippen molar-refractivity contribution in [2.45, 2.75) is 20.5 Å². The molecule has 0 saturated carbocycles. The summed E-state index contributed by atoms with van der Waals surface area (Å²) in [5, 5.41) is 3.20. The number of nitrogens with one attached hydrogen (secondary N) is 2.